The van der Waals surface area contributed by atoms with Gasteiger partial charge in [0, 0.05) is 38.9 Å². The summed E-state index contributed by atoms with van der Waals surface area (Å²) >= 11 is 0. The highest BCUT2D eigenvalue weighted by Gasteiger charge is 2.35. The van der Waals surface area contributed by atoms with Crippen molar-refractivity contribution in [2.75, 3.05) is 26.7 Å². The summed E-state index contributed by atoms with van der Waals surface area (Å²) in [7, 11) is 1.03. The number of carbonyl (C=O) groups is 1. The smallest absolute Gasteiger partial charge is 0.320 e. The number of piperidine rings is 1. The van der Waals surface area contributed by atoms with E-state index in [0.29, 0.717) is 65.8 Å². The van der Waals surface area contributed by atoms with E-state index in [1.165, 1.54) is 0 Å². The summed E-state index contributed by atoms with van der Waals surface area (Å²) in [5, 5.41) is 42.5. The molecule has 0 bridgehead atoms. The van der Waals surface area contributed by atoms with Crippen LogP contribution in [0.5, 0.6) is 5.75 Å². The third kappa shape index (κ3) is 10.2. The normalized spacial score (nSPS) is 21.6. The molecule has 1 radical (unpaired) electrons. The van der Waals surface area contributed by atoms with Gasteiger partial charge in [-0.25, -0.2) is 4.79 Å². The van der Waals surface area contributed by atoms with Crippen LogP contribution >= 0.6 is 0 Å². The molecule has 1 fully saturated rings. The van der Waals surface area contributed by atoms with Crippen LogP contribution in [-0.2, 0) is 0 Å². The van der Waals surface area contributed by atoms with Crippen LogP contribution in [0.2, 0.25) is 16.6 Å². The number of fused-ring (bicyclic) bond motifs is 1. The molecule has 1 saturated heterocycles. The van der Waals surface area contributed by atoms with E-state index in [2.05, 4.69) is 55.1 Å². The Balaban J connectivity index is 1.45. The van der Waals surface area contributed by atoms with Gasteiger partial charge >= 0.3 is 6.03 Å². The van der Waals surface area contributed by atoms with E-state index in [4.69, 9.17) is 15.6 Å². The number of ether oxygens (including phenoxy) is 1. The van der Waals surface area contributed by atoms with E-state index in [1.54, 1.807) is 29.9 Å². The second-order valence-corrected chi connectivity index (χ2v) is 20.7. The topological polar surface area (TPSA) is 163 Å². The molecule has 1 aromatic heterocycles. The quantitative estimate of drug-likeness (QED) is 0.0801. The lowest BCUT2D eigenvalue weighted by Gasteiger charge is -2.41. The Kier molecular flexibility index (Phi) is 14.1. The Morgan fingerprint density at radius 1 is 1.02 bits per heavy atom. The van der Waals surface area contributed by atoms with Crippen LogP contribution in [0.25, 0.3) is 0 Å². The van der Waals surface area contributed by atoms with Crippen LogP contribution in [0.1, 0.15) is 111 Å². The molecule has 5 atom stereocenters. The van der Waals surface area contributed by atoms with E-state index >= 15 is 0 Å². The minimum atomic E-state index is -0.587. The number of amides is 2. The number of nitrogens with zero attached hydrogens (tertiary/aromatic N) is 3. The predicted molar refractivity (Wildman–Crippen MR) is 212 cm³/mol. The number of aliphatic imine (C=N–C) groups is 1. The Hall–Kier alpha value is -3.77. The van der Waals surface area contributed by atoms with Crippen molar-refractivity contribution in [3.63, 3.8) is 0 Å². The van der Waals surface area contributed by atoms with Crippen molar-refractivity contribution < 1.29 is 14.6 Å². The van der Waals surface area contributed by atoms with Crippen LogP contribution in [0.4, 0.5) is 4.79 Å². The molecular weight excluding hydrogens is 669 g/mol. The molecule has 1 aliphatic heterocycles. The van der Waals surface area contributed by atoms with Crippen LogP contribution in [0, 0.1) is 33.5 Å². The summed E-state index contributed by atoms with van der Waals surface area (Å²) in [6, 6.07) is 10.9. The average molecular weight is 732 g/mol. The molecule has 0 spiro atoms. The highest BCUT2D eigenvalue weighted by Crippen LogP contribution is 2.40. The number of rotatable bonds is 11. The van der Waals surface area contributed by atoms with Crippen molar-refractivity contribution in [3.05, 3.63) is 59.2 Å². The fraction of sp³-hybridized carbons (Fsp3) is 0.625. The first kappa shape index (κ1) is 41.0. The first-order chi connectivity index (χ1) is 24.5. The number of likely N-dealkylation sites (tertiary alicyclic amines) is 1. The molecule has 5 unspecified atom stereocenters. The van der Waals surface area contributed by atoms with Gasteiger partial charge in [0.15, 0.2) is 0 Å². The number of hydrogen-bond donors (Lipinski definition) is 6. The lowest BCUT2D eigenvalue weighted by atomic mass is 9.83. The summed E-state index contributed by atoms with van der Waals surface area (Å²) in [4.78, 5) is 19.4. The Labute approximate surface area is 312 Å². The number of carbonyl (C=O) groups excluding carboxylic acids is 1. The SMILES string of the molecule is CN=C(CC(=N)C(C)(C)C)NC(=O)NC1CCC(Oc2ccc(=N)n(C(=N)N3CCC(CO)C(CC(C)[Si](C(C)C)C(C)C)C3)c2)c2ccccc21. The minimum Gasteiger partial charge on any atom is -0.484 e. The van der Waals surface area contributed by atoms with Crippen LogP contribution in [0.3, 0.4) is 0 Å². The summed E-state index contributed by atoms with van der Waals surface area (Å²) in [6.07, 6.45) is 4.96. The highest BCUT2D eigenvalue weighted by molar-refractivity contribution is 6.63. The standard InChI is InChI=1S/C40H63N8O3Si/c1-25(2)52(26(3)4)27(5)20-29-22-47(19-18-28(29)24-49)38(43)48-23-30(14-17-36(48)42)51-34-16-15-33(31-12-10-11-13-32(31)34)45-39(50)46-37(44-9)21-35(41)40(6,7)8/h10-14,17,23,25-29,33-34,41-43,49H,15-16,18-22,24H2,1-9H3,(H2,44,45,46,50). The maximum atomic E-state index is 13.1. The van der Waals surface area contributed by atoms with E-state index in [0.717, 1.165) is 24.0 Å². The van der Waals surface area contributed by atoms with Crippen molar-refractivity contribution in [2.24, 2.45) is 22.2 Å². The molecule has 2 heterocycles. The lowest BCUT2D eigenvalue weighted by Crippen LogP contribution is -2.49. The molecule has 52 heavy (non-hydrogen) atoms. The number of urea groups is 1. The van der Waals surface area contributed by atoms with Gasteiger partial charge in [-0.3, -0.25) is 25.7 Å². The Bertz CT molecular complexity index is 1640. The molecule has 2 aliphatic rings. The molecule has 4 rings (SSSR count). The number of aliphatic hydroxyl groups excluding tert-OH is 1. The molecule has 1 aliphatic carbocycles. The molecule has 285 valence electrons. The zero-order valence-corrected chi connectivity index (χ0v) is 33.8. The fourth-order valence-corrected chi connectivity index (χ4v) is 12.4. The third-order valence-corrected chi connectivity index (χ3v) is 15.0. The van der Waals surface area contributed by atoms with Crippen LogP contribution in [0.15, 0.2) is 47.6 Å². The van der Waals surface area contributed by atoms with Gasteiger partial charge < -0.3 is 25.5 Å². The number of nitrogens with one attached hydrogen (secondary N) is 5. The molecule has 11 nitrogen and oxygen atoms in total. The van der Waals surface area contributed by atoms with Gasteiger partial charge in [0.25, 0.3) is 0 Å². The van der Waals surface area contributed by atoms with Gasteiger partial charge in [-0.1, -0.05) is 90.7 Å². The zero-order chi connectivity index (χ0) is 38.3. The van der Waals surface area contributed by atoms with Gasteiger partial charge in [0.05, 0.1) is 21.0 Å². The highest BCUT2D eigenvalue weighted by atomic mass is 28.3. The second kappa shape index (κ2) is 17.8. The molecular formula is C40H63N8O3Si. The number of hydrogen-bond acceptors (Lipinski definition) is 7. The number of pyridine rings is 1. The molecule has 2 aromatic rings. The molecule has 1 aromatic carbocycles. The van der Waals surface area contributed by atoms with Gasteiger partial charge in [-0.05, 0) is 71.7 Å². The zero-order valence-electron chi connectivity index (χ0n) is 32.8. The number of aliphatic hydroxyl groups is 1. The minimum absolute atomic E-state index is 0.172. The van der Waals surface area contributed by atoms with E-state index in [9.17, 15) is 15.3 Å². The Morgan fingerprint density at radius 2 is 1.69 bits per heavy atom. The average Bonchev–Trinajstić information content (AvgIpc) is 3.08. The lowest BCUT2D eigenvalue weighted by molar-refractivity contribution is 0.0999. The van der Waals surface area contributed by atoms with Crippen LogP contribution < -0.4 is 20.9 Å². The fourth-order valence-electron chi connectivity index (χ4n) is 8.18. The first-order valence-electron chi connectivity index (χ1n) is 19.0. The van der Waals surface area contributed by atoms with Crippen molar-refractivity contribution in [1.82, 2.24) is 20.1 Å². The maximum absolute atomic E-state index is 13.1. The molecule has 12 heteroatoms. The van der Waals surface area contributed by atoms with Crippen LogP contribution in [-0.4, -0.2) is 73.7 Å². The summed E-state index contributed by atoms with van der Waals surface area (Å²) in [6.45, 7) is 19.2. The summed E-state index contributed by atoms with van der Waals surface area (Å²) in [5.74, 6) is 1.81. The van der Waals surface area contributed by atoms with E-state index in [1.807, 2.05) is 45.0 Å². The Morgan fingerprint density at radius 3 is 2.31 bits per heavy atom. The predicted octanol–water partition coefficient (Wildman–Crippen LogP) is 7.51. The largest absolute Gasteiger partial charge is 0.484 e. The van der Waals surface area contributed by atoms with Crippen molar-refractivity contribution in [1.29, 1.82) is 16.2 Å². The maximum Gasteiger partial charge on any atom is 0.320 e. The molecule has 6 N–H and O–H groups in total. The van der Waals surface area contributed by atoms with E-state index < -0.39 is 8.80 Å². The van der Waals surface area contributed by atoms with Gasteiger partial charge in [0.2, 0.25) is 5.96 Å². The first-order valence-corrected chi connectivity index (χ1v) is 20.7. The van der Waals surface area contributed by atoms with Gasteiger partial charge in [-0.2, -0.15) is 0 Å². The molecule has 2 amide bonds. The number of aromatic nitrogens is 1. The van der Waals surface area contributed by atoms with Gasteiger partial charge in [0.1, 0.15) is 23.2 Å². The molecule has 0 saturated carbocycles. The van der Waals surface area contributed by atoms with Crippen molar-refractivity contribution in [2.45, 2.75) is 116 Å². The second-order valence-electron chi connectivity index (χ2n) is 16.4. The number of amidine groups is 1. The van der Waals surface area contributed by atoms with Crippen molar-refractivity contribution in [3.8, 4) is 5.75 Å². The van der Waals surface area contributed by atoms with E-state index in [-0.39, 0.29) is 54.0 Å². The summed E-state index contributed by atoms with van der Waals surface area (Å²) in [5.41, 5.74) is 4.34. The van der Waals surface area contributed by atoms with Crippen molar-refractivity contribution >= 4 is 32.3 Å². The third-order valence-electron chi connectivity index (χ3n) is 10.9. The van der Waals surface area contributed by atoms with Gasteiger partial charge in [-0.15, -0.1) is 0 Å². The number of benzene rings is 1. The summed E-state index contributed by atoms with van der Waals surface area (Å²) < 4.78 is 8.18. The monoisotopic (exact) mass is 731 g/mol.